The summed E-state index contributed by atoms with van der Waals surface area (Å²) < 4.78 is 0. The molecule has 2 rings (SSSR count). The summed E-state index contributed by atoms with van der Waals surface area (Å²) in [7, 11) is 0. The van der Waals surface area contributed by atoms with E-state index in [9.17, 15) is 0 Å². The Hall–Kier alpha value is -1.72. The summed E-state index contributed by atoms with van der Waals surface area (Å²) in [5.41, 5.74) is 1.28. The number of hydrogen-bond donors (Lipinski definition) is 2. The number of aromatic amines is 1. The van der Waals surface area contributed by atoms with Crippen LogP contribution in [0.25, 0.3) is 11.2 Å². The Labute approximate surface area is 81.1 Å². The average Bonchev–Trinajstić information content (AvgIpc) is 2.62. The maximum Gasteiger partial charge on any atom is 0.206 e. The highest BCUT2D eigenvalue weighted by Crippen LogP contribution is 2.13. The predicted molar refractivity (Wildman–Crippen MR) is 52.8 cm³/mol. The van der Waals surface area contributed by atoms with E-state index in [1.54, 1.807) is 0 Å². The van der Waals surface area contributed by atoms with Crippen LogP contribution in [0.3, 0.4) is 0 Å². The van der Waals surface area contributed by atoms with Gasteiger partial charge in [0.2, 0.25) is 5.65 Å². The molecule has 14 heavy (non-hydrogen) atoms. The van der Waals surface area contributed by atoms with E-state index in [-0.39, 0.29) is 0 Å². The molecule has 2 aromatic heterocycles. The van der Waals surface area contributed by atoms with Crippen LogP contribution in [0.1, 0.15) is 13.8 Å². The molecule has 2 heterocycles. The van der Waals surface area contributed by atoms with Gasteiger partial charge in [-0.2, -0.15) is 10.3 Å². The predicted octanol–water partition coefficient (Wildman–Crippen LogP) is 0.816. The Morgan fingerprint density at radius 3 is 3.00 bits per heavy atom. The lowest BCUT2D eigenvalue weighted by Crippen LogP contribution is -2.09. The van der Waals surface area contributed by atoms with Crippen molar-refractivity contribution in [1.82, 2.24) is 25.4 Å². The molecule has 0 bridgehead atoms. The number of aromatic nitrogens is 5. The molecule has 0 aromatic carbocycles. The zero-order chi connectivity index (χ0) is 9.97. The van der Waals surface area contributed by atoms with Crippen LogP contribution in [-0.2, 0) is 0 Å². The second-order valence-corrected chi connectivity index (χ2v) is 3.49. The zero-order valence-electron chi connectivity index (χ0n) is 8.15. The van der Waals surface area contributed by atoms with Crippen molar-refractivity contribution in [1.29, 1.82) is 0 Å². The van der Waals surface area contributed by atoms with E-state index in [2.05, 4.69) is 44.5 Å². The van der Waals surface area contributed by atoms with Crippen molar-refractivity contribution in [2.45, 2.75) is 13.8 Å². The van der Waals surface area contributed by atoms with Crippen LogP contribution >= 0.6 is 0 Å². The average molecular weight is 192 g/mol. The second kappa shape index (κ2) is 3.57. The van der Waals surface area contributed by atoms with Gasteiger partial charge >= 0.3 is 0 Å². The molecule has 0 amide bonds. The van der Waals surface area contributed by atoms with Crippen LogP contribution in [0.15, 0.2) is 6.33 Å². The molecule has 2 N–H and O–H groups in total. The normalized spacial score (nSPS) is 11.1. The van der Waals surface area contributed by atoms with Gasteiger partial charge in [-0.25, -0.2) is 9.97 Å². The van der Waals surface area contributed by atoms with Crippen LogP contribution in [-0.4, -0.2) is 31.9 Å². The fourth-order valence-electron chi connectivity index (χ4n) is 1.11. The molecule has 0 saturated heterocycles. The Morgan fingerprint density at radius 2 is 2.21 bits per heavy atom. The lowest BCUT2D eigenvalue weighted by molar-refractivity contribution is 0.687. The molecule has 74 valence electrons. The Bertz CT molecular complexity index is 420. The lowest BCUT2D eigenvalue weighted by atomic mass is 10.2. The third-order valence-electron chi connectivity index (χ3n) is 1.80. The zero-order valence-corrected chi connectivity index (χ0v) is 8.15. The van der Waals surface area contributed by atoms with Gasteiger partial charge in [-0.3, -0.25) is 0 Å². The Morgan fingerprint density at radius 1 is 1.36 bits per heavy atom. The third kappa shape index (κ3) is 1.63. The maximum atomic E-state index is 4.11. The topological polar surface area (TPSA) is 79.4 Å². The summed E-state index contributed by atoms with van der Waals surface area (Å²) in [5, 5.41) is 13.6. The van der Waals surface area contributed by atoms with Crippen LogP contribution in [0.2, 0.25) is 0 Å². The molecule has 0 saturated carbocycles. The van der Waals surface area contributed by atoms with Crippen LogP contribution in [0.5, 0.6) is 0 Å². The smallest absolute Gasteiger partial charge is 0.206 e. The Kier molecular flexibility index (Phi) is 2.26. The summed E-state index contributed by atoms with van der Waals surface area (Å²) >= 11 is 0. The monoisotopic (exact) mass is 192 g/mol. The van der Waals surface area contributed by atoms with Crippen LogP contribution in [0.4, 0.5) is 5.82 Å². The first-order chi connectivity index (χ1) is 6.77. The first kappa shape index (κ1) is 8.86. The minimum Gasteiger partial charge on any atom is -0.368 e. The first-order valence-electron chi connectivity index (χ1n) is 4.52. The van der Waals surface area contributed by atoms with E-state index in [0.29, 0.717) is 17.1 Å². The second-order valence-electron chi connectivity index (χ2n) is 3.49. The molecule has 0 fully saturated rings. The summed E-state index contributed by atoms with van der Waals surface area (Å²) in [6.07, 6.45) is 1.48. The van der Waals surface area contributed by atoms with Crippen molar-refractivity contribution in [2.75, 3.05) is 11.9 Å². The van der Waals surface area contributed by atoms with E-state index < -0.39 is 0 Å². The van der Waals surface area contributed by atoms with Crippen LogP contribution in [0, 0.1) is 5.92 Å². The summed E-state index contributed by atoms with van der Waals surface area (Å²) in [4.78, 5) is 8.08. The van der Waals surface area contributed by atoms with Gasteiger partial charge in [-0.15, -0.1) is 5.10 Å². The van der Waals surface area contributed by atoms with Crippen LogP contribution < -0.4 is 5.32 Å². The molecule has 0 aliphatic heterocycles. The number of anilines is 1. The van der Waals surface area contributed by atoms with Crippen molar-refractivity contribution in [3.8, 4) is 0 Å². The van der Waals surface area contributed by atoms with E-state index in [1.165, 1.54) is 6.33 Å². The van der Waals surface area contributed by atoms with Gasteiger partial charge in [-0.1, -0.05) is 13.8 Å². The van der Waals surface area contributed by atoms with Gasteiger partial charge in [0.1, 0.15) is 6.33 Å². The summed E-state index contributed by atoms with van der Waals surface area (Å²) in [6.45, 7) is 5.13. The molecule has 2 aromatic rings. The van der Waals surface area contributed by atoms with Crippen molar-refractivity contribution < 1.29 is 0 Å². The number of nitrogens with zero attached hydrogens (tertiary/aromatic N) is 4. The minimum atomic E-state index is 0.562. The van der Waals surface area contributed by atoms with Crippen molar-refractivity contribution in [3.05, 3.63) is 6.33 Å². The first-order valence-corrected chi connectivity index (χ1v) is 4.52. The van der Waals surface area contributed by atoms with Crippen molar-refractivity contribution in [3.63, 3.8) is 0 Å². The number of hydrogen-bond acceptors (Lipinski definition) is 5. The molecule has 0 aliphatic rings. The quantitative estimate of drug-likeness (QED) is 0.752. The molecule has 6 heteroatoms. The van der Waals surface area contributed by atoms with E-state index in [4.69, 9.17) is 0 Å². The number of fused-ring (bicyclic) bond motifs is 1. The van der Waals surface area contributed by atoms with Gasteiger partial charge in [0.25, 0.3) is 0 Å². The fourth-order valence-corrected chi connectivity index (χ4v) is 1.11. The number of nitrogens with one attached hydrogen (secondary N) is 2. The summed E-state index contributed by atoms with van der Waals surface area (Å²) in [5.74, 6) is 1.30. The minimum absolute atomic E-state index is 0.562. The third-order valence-corrected chi connectivity index (χ3v) is 1.80. The van der Waals surface area contributed by atoms with Gasteiger partial charge in [0.15, 0.2) is 11.3 Å². The van der Waals surface area contributed by atoms with Gasteiger partial charge in [-0.05, 0) is 5.92 Å². The van der Waals surface area contributed by atoms with Crippen molar-refractivity contribution >= 4 is 17.0 Å². The van der Waals surface area contributed by atoms with Gasteiger partial charge in [0.05, 0.1) is 0 Å². The maximum absolute atomic E-state index is 4.11. The van der Waals surface area contributed by atoms with E-state index in [0.717, 1.165) is 12.4 Å². The molecule has 0 atom stereocenters. The largest absolute Gasteiger partial charge is 0.368 e. The highest BCUT2D eigenvalue weighted by atomic mass is 15.3. The summed E-state index contributed by atoms with van der Waals surface area (Å²) in [6, 6.07) is 0. The van der Waals surface area contributed by atoms with Gasteiger partial charge < -0.3 is 5.32 Å². The molecule has 0 spiro atoms. The van der Waals surface area contributed by atoms with Gasteiger partial charge in [0, 0.05) is 6.54 Å². The number of rotatable bonds is 3. The SMILES string of the molecule is CC(C)CNc1ncnc2n[nH]nc12. The molecular formula is C8H12N6. The molecule has 6 nitrogen and oxygen atoms in total. The molecular weight excluding hydrogens is 180 g/mol. The molecule has 0 radical (unpaired) electrons. The molecule has 0 aliphatic carbocycles. The number of H-pyrrole nitrogens is 1. The standard InChI is InChI=1S/C8H12N6/c1-5(2)3-9-7-6-8(11-4-10-7)13-14-12-6/h4-5H,3H2,1-2H3,(H2,9,10,11,12,13,14). The highest BCUT2D eigenvalue weighted by molar-refractivity contribution is 5.81. The molecule has 0 unspecified atom stereocenters. The van der Waals surface area contributed by atoms with Crippen molar-refractivity contribution in [2.24, 2.45) is 5.92 Å². The highest BCUT2D eigenvalue weighted by Gasteiger charge is 2.06. The van der Waals surface area contributed by atoms with E-state index >= 15 is 0 Å². The fraction of sp³-hybridized carbons (Fsp3) is 0.500. The van der Waals surface area contributed by atoms with E-state index in [1.807, 2.05) is 0 Å². The Balaban J connectivity index is 2.27. The lowest BCUT2D eigenvalue weighted by Gasteiger charge is -2.06.